The third-order valence-corrected chi connectivity index (χ3v) is 8.87. The van der Waals surface area contributed by atoms with Crippen LogP contribution in [0.25, 0.3) is 22.3 Å². The molecule has 6 heterocycles. The van der Waals surface area contributed by atoms with Crippen molar-refractivity contribution in [3.05, 3.63) is 77.9 Å². The smallest absolute Gasteiger partial charge is 0.138 e. The topological polar surface area (TPSA) is 86.6 Å². The Labute approximate surface area is 228 Å². The highest BCUT2D eigenvalue weighted by molar-refractivity contribution is 5.91. The number of ether oxygens (including phenoxy) is 1. The van der Waals surface area contributed by atoms with E-state index in [9.17, 15) is 4.39 Å². The third kappa shape index (κ3) is 5.04. The fourth-order valence-electron chi connectivity index (χ4n) is 6.81. The van der Waals surface area contributed by atoms with Gasteiger partial charge in [0.25, 0.3) is 0 Å². The van der Waals surface area contributed by atoms with Gasteiger partial charge in [0.1, 0.15) is 24.0 Å². The lowest BCUT2D eigenvalue weighted by Gasteiger charge is -2.33. The van der Waals surface area contributed by atoms with Gasteiger partial charge < -0.3 is 15.5 Å². The van der Waals surface area contributed by atoms with Crippen molar-refractivity contribution in [3.8, 4) is 11.4 Å². The molecule has 4 aromatic rings. The minimum atomic E-state index is -0.220. The van der Waals surface area contributed by atoms with Gasteiger partial charge in [-0.25, -0.2) is 9.37 Å². The average Bonchev–Trinajstić information content (AvgIpc) is 3.67. The first kappa shape index (κ1) is 24.7. The SMILES string of the molecule is Nc1cc(CN2CCC(C3OC3N3CCC(c4c(-c5ccccn5)[nH]c5cc(F)ccc45)CC3)CC2)ccn1. The molecule has 7 rings (SSSR count). The Morgan fingerprint density at radius 3 is 2.56 bits per heavy atom. The first-order valence-electron chi connectivity index (χ1n) is 14.2. The predicted octanol–water partition coefficient (Wildman–Crippen LogP) is 5.16. The van der Waals surface area contributed by atoms with Gasteiger partial charge in [-0.1, -0.05) is 6.07 Å². The van der Waals surface area contributed by atoms with E-state index >= 15 is 0 Å². The van der Waals surface area contributed by atoms with Gasteiger partial charge in [0.05, 0.1) is 11.4 Å². The Balaban J connectivity index is 0.974. The van der Waals surface area contributed by atoms with E-state index in [1.165, 1.54) is 24.0 Å². The summed E-state index contributed by atoms with van der Waals surface area (Å²) in [6, 6.07) is 15.1. The summed E-state index contributed by atoms with van der Waals surface area (Å²) in [6.07, 6.45) is 8.71. The molecule has 3 aliphatic heterocycles. The van der Waals surface area contributed by atoms with Crippen molar-refractivity contribution >= 4 is 16.7 Å². The fourth-order valence-corrected chi connectivity index (χ4v) is 6.81. The number of epoxide rings is 1. The Bertz CT molecular complexity index is 1440. The van der Waals surface area contributed by atoms with Gasteiger partial charge in [0, 0.05) is 42.9 Å². The number of nitrogens with zero attached hydrogens (tertiary/aromatic N) is 4. The number of hydrogen-bond donors (Lipinski definition) is 2. The zero-order valence-corrected chi connectivity index (χ0v) is 22.1. The van der Waals surface area contributed by atoms with E-state index in [0.717, 1.165) is 67.9 Å². The Hall–Kier alpha value is -3.33. The van der Waals surface area contributed by atoms with Crippen LogP contribution >= 0.6 is 0 Å². The lowest BCUT2D eigenvalue weighted by molar-refractivity contribution is 0.138. The van der Waals surface area contributed by atoms with Gasteiger partial charge in [-0.3, -0.25) is 14.8 Å². The summed E-state index contributed by atoms with van der Waals surface area (Å²) in [5.74, 6) is 1.40. The Kier molecular flexibility index (Phi) is 6.54. The van der Waals surface area contributed by atoms with Crippen LogP contribution in [-0.4, -0.2) is 63.3 Å². The average molecular weight is 527 g/mol. The molecule has 3 fully saturated rings. The number of hydrogen-bond acceptors (Lipinski definition) is 6. The van der Waals surface area contributed by atoms with Gasteiger partial charge in [0.2, 0.25) is 0 Å². The van der Waals surface area contributed by atoms with Crippen LogP contribution in [0.4, 0.5) is 10.2 Å². The zero-order valence-electron chi connectivity index (χ0n) is 22.1. The van der Waals surface area contributed by atoms with Crippen molar-refractivity contribution in [2.45, 2.75) is 50.5 Å². The third-order valence-electron chi connectivity index (χ3n) is 8.87. The van der Waals surface area contributed by atoms with E-state index in [2.05, 4.69) is 30.8 Å². The molecule has 0 aliphatic carbocycles. The number of rotatable bonds is 6. The second kappa shape index (κ2) is 10.3. The van der Waals surface area contributed by atoms with Crippen LogP contribution in [0.15, 0.2) is 60.9 Å². The normalized spacial score (nSPS) is 23.4. The van der Waals surface area contributed by atoms with Crippen molar-refractivity contribution in [1.29, 1.82) is 0 Å². The van der Waals surface area contributed by atoms with Crippen LogP contribution in [0.2, 0.25) is 0 Å². The monoisotopic (exact) mass is 526 g/mol. The van der Waals surface area contributed by atoms with Crippen molar-refractivity contribution < 1.29 is 9.13 Å². The van der Waals surface area contributed by atoms with Gasteiger partial charge >= 0.3 is 0 Å². The molecular weight excluding hydrogens is 491 g/mol. The van der Waals surface area contributed by atoms with E-state index < -0.39 is 0 Å². The Morgan fingerprint density at radius 1 is 0.949 bits per heavy atom. The number of benzene rings is 1. The molecule has 3 N–H and O–H groups in total. The van der Waals surface area contributed by atoms with Gasteiger partial charge in [-0.05, 0) is 104 Å². The standard InChI is InChI=1S/C31H35FN6O/c32-23-4-5-24-26(18-23)36-29(25-3-1-2-11-34-25)28(24)21-9-15-38(16-10-21)31-30(39-31)22-7-13-37(14-8-22)19-20-6-12-35-27(33)17-20/h1-6,11-12,17-18,21-22,30-31,36H,7-10,13-16,19H2,(H2,33,35). The number of piperidine rings is 2. The maximum atomic E-state index is 14.0. The second-order valence-corrected chi connectivity index (χ2v) is 11.3. The first-order valence-corrected chi connectivity index (χ1v) is 14.2. The van der Waals surface area contributed by atoms with Crippen LogP contribution < -0.4 is 5.73 Å². The highest BCUT2D eigenvalue weighted by Gasteiger charge is 2.49. The predicted molar refractivity (Wildman–Crippen MR) is 150 cm³/mol. The zero-order chi connectivity index (χ0) is 26.3. The molecule has 0 bridgehead atoms. The molecule has 0 amide bonds. The lowest BCUT2D eigenvalue weighted by Crippen LogP contribution is -2.39. The minimum absolute atomic E-state index is 0.220. The number of pyridine rings is 2. The summed E-state index contributed by atoms with van der Waals surface area (Å²) in [7, 11) is 0. The maximum absolute atomic E-state index is 14.0. The molecule has 0 saturated carbocycles. The number of fused-ring (bicyclic) bond motifs is 1. The van der Waals surface area contributed by atoms with Crippen molar-refractivity contribution in [2.24, 2.45) is 5.92 Å². The summed E-state index contributed by atoms with van der Waals surface area (Å²) in [5, 5.41) is 1.11. The molecule has 1 aromatic carbocycles. The maximum Gasteiger partial charge on any atom is 0.138 e. The molecule has 3 aromatic heterocycles. The van der Waals surface area contributed by atoms with Gasteiger partial charge in [0.15, 0.2) is 0 Å². The van der Waals surface area contributed by atoms with Crippen LogP contribution in [0.3, 0.4) is 0 Å². The van der Waals surface area contributed by atoms with Crippen molar-refractivity contribution in [2.75, 3.05) is 31.9 Å². The van der Waals surface area contributed by atoms with Crippen molar-refractivity contribution in [3.63, 3.8) is 0 Å². The van der Waals surface area contributed by atoms with Gasteiger partial charge in [-0.2, -0.15) is 0 Å². The number of halogens is 1. The second-order valence-electron chi connectivity index (χ2n) is 11.3. The summed E-state index contributed by atoms with van der Waals surface area (Å²) in [4.78, 5) is 17.2. The molecule has 2 unspecified atom stereocenters. The molecule has 7 nitrogen and oxygen atoms in total. The van der Waals surface area contributed by atoms with E-state index in [1.54, 1.807) is 18.3 Å². The highest BCUT2D eigenvalue weighted by atomic mass is 19.1. The molecule has 0 radical (unpaired) electrons. The van der Waals surface area contributed by atoms with Crippen LogP contribution in [0.5, 0.6) is 0 Å². The van der Waals surface area contributed by atoms with Gasteiger partial charge in [-0.15, -0.1) is 0 Å². The molecule has 202 valence electrons. The molecule has 2 atom stereocenters. The highest BCUT2D eigenvalue weighted by Crippen LogP contribution is 2.43. The van der Waals surface area contributed by atoms with Crippen LogP contribution in [0.1, 0.15) is 42.7 Å². The Morgan fingerprint density at radius 2 is 1.79 bits per heavy atom. The number of H-pyrrole nitrogens is 1. The number of aromatic nitrogens is 3. The largest absolute Gasteiger partial charge is 0.384 e. The molecule has 8 heteroatoms. The number of anilines is 1. The first-order chi connectivity index (χ1) is 19.1. The van der Waals surface area contributed by atoms with E-state index in [1.807, 2.05) is 36.5 Å². The summed E-state index contributed by atoms with van der Waals surface area (Å²) >= 11 is 0. The lowest BCUT2D eigenvalue weighted by atomic mass is 9.86. The molecule has 3 saturated heterocycles. The van der Waals surface area contributed by atoms with Crippen LogP contribution in [-0.2, 0) is 11.3 Å². The van der Waals surface area contributed by atoms with E-state index in [0.29, 0.717) is 23.8 Å². The quantitative estimate of drug-likeness (QED) is 0.338. The summed E-state index contributed by atoms with van der Waals surface area (Å²) in [5.41, 5.74) is 11.1. The summed E-state index contributed by atoms with van der Waals surface area (Å²) < 4.78 is 20.3. The fraction of sp³-hybridized carbons (Fsp3) is 0.419. The molecule has 0 spiro atoms. The number of nitrogens with one attached hydrogen (secondary N) is 1. The number of nitrogens with two attached hydrogens (primary N) is 1. The summed E-state index contributed by atoms with van der Waals surface area (Å²) in [6.45, 7) is 5.16. The number of aromatic amines is 1. The van der Waals surface area contributed by atoms with E-state index in [4.69, 9.17) is 10.5 Å². The molecule has 3 aliphatic rings. The van der Waals surface area contributed by atoms with E-state index in [-0.39, 0.29) is 12.0 Å². The van der Waals surface area contributed by atoms with Crippen LogP contribution in [0, 0.1) is 11.7 Å². The molecule has 39 heavy (non-hydrogen) atoms. The number of nitrogen functional groups attached to an aromatic ring is 1. The number of likely N-dealkylation sites (tertiary alicyclic amines) is 2. The molecular formula is C31H35FN6O. The minimum Gasteiger partial charge on any atom is -0.384 e. The van der Waals surface area contributed by atoms with Crippen molar-refractivity contribution in [1.82, 2.24) is 24.8 Å².